The van der Waals surface area contributed by atoms with Gasteiger partial charge < -0.3 is 18.9 Å². The highest BCUT2D eigenvalue weighted by Gasteiger charge is 2.15. The molecule has 0 spiro atoms. The molecular formula is C15H21BrO4. The molecule has 0 bridgehead atoms. The molecule has 0 radical (unpaired) electrons. The van der Waals surface area contributed by atoms with Crippen LogP contribution >= 0.6 is 15.9 Å². The predicted molar refractivity (Wildman–Crippen MR) is 80.5 cm³/mol. The van der Waals surface area contributed by atoms with Crippen LogP contribution in [0.15, 0.2) is 16.6 Å². The van der Waals surface area contributed by atoms with Gasteiger partial charge in [-0.25, -0.2) is 0 Å². The van der Waals surface area contributed by atoms with Crippen LogP contribution in [-0.4, -0.2) is 33.7 Å². The largest absolute Gasteiger partial charge is 0.497 e. The second-order valence-corrected chi connectivity index (χ2v) is 5.57. The van der Waals surface area contributed by atoms with Crippen LogP contribution in [0.4, 0.5) is 0 Å². The highest BCUT2D eigenvalue weighted by molar-refractivity contribution is 9.10. The highest BCUT2D eigenvalue weighted by Crippen LogP contribution is 2.34. The minimum atomic E-state index is -0.0520. The highest BCUT2D eigenvalue weighted by atomic mass is 79.9. The van der Waals surface area contributed by atoms with Crippen LogP contribution in [0.3, 0.4) is 0 Å². The van der Waals surface area contributed by atoms with Crippen molar-refractivity contribution in [1.29, 1.82) is 0 Å². The molecule has 1 aliphatic heterocycles. The molecule has 0 unspecified atom stereocenters. The summed E-state index contributed by atoms with van der Waals surface area (Å²) < 4.78 is 22.8. The lowest BCUT2D eigenvalue weighted by Gasteiger charge is -2.23. The Bertz CT molecular complexity index is 430. The first kappa shape index (κ1) is 15.6. The quantitative estimate of drug-likeness (QED) is 0.790. The van der Waals surface area contributed by atoms with Gasteiger partial charge in [0.1, 0.15) is 11.5 Å². The van der Waals surface area contributed by atoms with Gasteiger partial charge >= 0.3 is 0 Å². The lowest BCUT2D eigenvalue weighted by Crippen LogP contribution is -2.24. The monoisotopic (exact) mass is 344 g/mol. The molecule has 1 aliphatic rings. The van der Waals surface area contributed by atoms with E-state index in [4.69, 9.17) is 18.9 Å². The summed E-state index contributed by atoms with van der Waals surface area (Å²) in [6, 6.07) is 3.93. The maximum Gasteiger partial charge on any atom is 0.157 e. The number of hydrogen-bond donors (Lipinski definition) is 0. The third-order valence-corrected chi connectivity index (χ3v) is 3.91. The maximum atomic E-state index is 5.55. The van der Waals surface area contributed by atoms with Crippen molar-refractivity contribution in [3.05, 3.63) is 22.2 Å². The van der Waals surface area contributed by atoms with Crippen molar-refractivity contribution in [3.8, 4) is 11.5 Å². The van der Waals surface area contributed by atoms with Crippen LogP contribution in [-0.2, 0) is 15.9 Å². The Kier molecular flexibility index (Phi) is 6.13. The molecule has 4 nitrogen and oxygen atoms in total. The SMILES string of the molecule is COc1cc(Br)c(OC)c(CCCC2OCCCO2)c1. The molecule has 5 heteroatoms. The second kappa shape index (κ2) is 7.86. The molecule has 1 fully saturated rings. The van der Waals surface area contributed by atoms with Gasteiger partial charge in [-0.3, -0.25) is 0 Å². The number of rotatable bonds is 6. The first-order valence-electron chi connectivity index (χ1n) is 6.88. The Hall–Kier alpha value is -0.780. The van der Waals surface area contributed by atoms with Gasteiger partial charge in [-0.2, -0.15) is 0 Å². The molecule has 2 rings (SSSR count). The number of halogens is 1. The smallest absolute Gasteiger partial charge is 0.157 e. The summed E-state index contributed by atoms with van der Waals surface area (Å²) in [5, 5.41) is 0. The third-order valence-electron chi connectivity index (χ3n) is 3.32. The van der Waals surface area contributed by atoms with Crippen LogP contribution in [0.25, 0.3) is 0 Å². The first-order chi connectivity index (χ1) is 9.74. The Morgan fingerprint density at radius 3 is 2.60 bits per heavy atom. The van der Waals surface area contributed by atoms with Crippen LogP contribution in [0.5, 0.6) is 11.5 Å². The van der Waals surface area contributed by atoms with Crippen molar-refractivity contribution in [2.24, 2.45) is 0 Å². The summed E-state index contributed by atoms with van der Waals surface area (Å²) in [7, 11) is 3.35. The topological polar surface area (TPSA) is 36.9 Å². The zero-order valence-corrected chi connectivity index (χ0v) is 13.6. The van der Waals surface area contributed by atoms with E-state index >= 15 is 0 Å². The second-order valence-electron chi connectivity index (χ2n) is 4.72. The van der Waals surface area contributed by atoms with Gasteiger partial charge in [-0.05, 0) is 59.3 Å². The Morgan fingerprint density at radius 2 is 1.95 bits per heavy atom. The summed E-state index contributed by atoms with van der Waals surface area (Å²) >= 11 is 3.51. The Labute approximate surface area is 128 Å². The average Bonchev–Trinajstić information content (AvgIpc) is 2.48. The molecule has 0 saturated carbocycles. The van der Waals surface area contributed by atoms with Crippen LogP contribution in [0.2, 0.25) is 0 Å². The zero-order chi connectivity index (χ0) is 14.4. The van der Waals surface area contributed by atoms with Gasteiger partial charge in [0.2, 0.25) is 0 Å². The van der Waals surface area contributed by atoms with E-state index in [1.54, 1.807) is 14.2 Å². The average molecular weight is 345 g/mol. The third kappa shape index (κ3) is 4.11. The zero-order valence-electron chi connectivity index (χ0n) is 12.0. The minimum absolute atomic E-state index is 0.0520. The number of hydrogen-bond acceptors (Lipinski definition) is 4. The summed E-state index contributed by atoms with van der Waals surface area (Å²) in [4.78, 5) is 0. The Balaban J connectivity index is 1.95. The van der Waals surface area contributed by atoms with E-state index in [9.17, 15) is 0 Å². The lowest BCUT2D eigenvalue weighted by atomic mass is 10.1. The molecule has 1 saturated heterocycles. The molecule has 1 aromatic carbocycles. The van der Waals surface area contributed by atoms with Gasteiger partial charge in [0, 0.05) is 0 Å². The van der Waals surface area contributed by atoms with Crippen molar-refractivity contribution in [1.82, 2.24) is 0 Å². The van der Waals surface area contributed by atoms with Crippen molar-refractivity contribution in [3.63, 3.8) is 0 Å². The summed E-state index contributed by atoms with van der Waals surface area (Å²) in [5.74, 6) is 1.70. The van der Waals surface area contributed by atoms with E-state index in [-0.39, 0.29) is 6.29 Å². The van der Waals surface area contributed by atoms with E-state index < -0.39 is 0 Å². The van der Waals surface area contributed by atoms with Gasteiger partial charge in [-0.15, -0.1) is 0 Å². The normalized spacial score (nSPS) is 16.1. The predicted octanol–water partition coefficient (Wildman–Crippen LogP) is 3.55. The fourth-order valence-corrected chi connectivity index (χ4v) is 2.96. The standard InChI is InChI=1S/C15H21BrO4/c1-17-12-9-11(15(18-2)13(16)10-12)5-3-6-14-19-7-4-8-20-14/h9-10,14H,3-8H2,1-2H3. The number of ether oxygens (including phenoxy) is 4. The maximum absolute atomic E-state index is 5.55. The fraction of sp³-hybridized carbons (Fsp3) is 0.600. The summed E-state index contributed by atoms with van der Waals surface area (Å²) in [5.41, 5.74) is 1.13. The molecule has 0 aliphatic carbocycles. The van der Waals surface area contributed by atoms with Crippen molar-refractivity contribution in [2.75, 3.05) is 27.4 Å². The molecule has 1 aromatic rings. The number of benzene rings is 1. The lowest BCUT2D eigenvalue weighted by molar-refractivity contribution is -0.181. The molecular weight excluding hydrogens is 324 g/mol. The molecule has 0 aromatic heterocycles. The minimum Gasteiger partial charge on any atom is -0.497 e. The fourth-order valence-electron chi connectivity index (χ4n) is 2.32. The van der Waals surface area contributed by atoms with Crippen molar-refractivity contribution in [2.45, 2.75) is 32.0 Å². The van der Waals surface area contributed by atoms with E-state index in [0.717, 1.165) is 60.4 Å². The molecule has 0 N–H and O–H groups in total. The van der Waals surface area contributed by atoms with Crippen LogP contribution < -0.4 is 9.47 Å². The van der Waals surface area contributed by atoms with E-state index in [1.807, 2.05) is 12.1 Å². The van der Waals surface area contributed by atoms with E-state index in [2.05, 4.69) is 15.9 Å². The van der Waals surface area contributed by atoms with Crippen LogP contribution in [0, 0.1) is 0 Å². The number of methoxy groups -OCH3 is 2. The van der Waals surface area contributed by atoms with Crippen molar-refractivity contribution < 1.29 is 18.9 Å². The molecule has 0 atom stereocenters. The molecule has 0 amide bonds. The Morgan fingerprint density at radius 1 is 1.20 bits per heavy atom. The molecule has 20 heavy (non-hydrogen) atoms. The molecule has 1 heterocycles. The van der Waals surface area contributed by atoms with E-state index in [1.165, 1.54) is 0 Å². The van der Waals surface area contributed by atoms with Gasteiger partial charge in [-0.1, -0.05) is 0 Å². The van der Waals surface area contributed by atoms with Crippen molar-refractivity contribution >= 4 is 15.9 Å². The molecule has 112 valence electrons. The summed E-state index contributed by atoms with van der Waals surface area (Å²) in [6.45, 7) is 1.61. The first-order valence-corrected chi connectivity index (χ1v) is 7.67. The van der Waals surface area contributed by atoms with Gasteiger partial charge in [0.05, 0.1) is 31.9 Å². The summed E-state index contributed by atoms with van der Waals surface area (Å²) in [6.07, 6.45) is 3.73. The number of aryl methyl sites for hydroxylation is 1. The van der Waals surface area contributed by atoms with Gasteiger partial charge in [0.15, 0.2) is 6.29 Å². The van der Waals surface area contributed by atoms with Gasteiger partial charge in [0.25, 0.3) is 0 Å². The van der Waals surface area contributed by atoms with Crippen LogP contribution in [0.1, 0.15) is 24.8 Å². The van der Waals surface area contributed by atoms with E-state index in [0.29, 0.717) is 0 Å².